The van der Waals surface area contributed by atoms with Crippen molar-refractivity contribution in [1.29, 1.82) is 0 Å². The number of H-pyrrole nitrogens is 1. The number of halogens is 4. The number of aromatic nitrogens is 1. The highest BCUT2D eigenvalue weighted by atomic mass is 35.5. The summed E-state index contributed by atoms with van der Waals surface area (Å²) in [6, 6.07) is 6.13. The minimum Gasteiger partial charge on any atom is -0.481 e. The number of aliphatic carboxylic acids is 1. The number of fused-ring (bicyclic) bond motifs is 1. The Morgan fingerprint density at radius 2 is 1.91 bits per heavy atom. The summed E-state index contributed by atoms with van der Waals surface area (Å²) in [6.45, 7) is 0. The fourth-order valence-electron chi connectivity index (χ4n) is 2.56. The summed E-state index contributed by atoms with van der Waals surface area (Å²) in [5.41, 5.74) is 1.10. The van der Waals surface area contributed by atoms with E-state index in [9.17, 15) is 13.6 Å². The molecule has 0 atom stereocenters. The molecule has 0 aliphatic heterocycles. The lowest BCUT2D eigenvalue weighted by atomic mass is 10.0. The molecule has 3 nitrogen and oxygen atoms in total. The summed E-state index contributed by atoms with van der Waals surface area (Å²) in [4.78, 5) is 14.1. The number of rotatable bonds is 3. The number of hydrogen-bond donors (Lipinski definition) is 2. The van der Waals surface area contributed by atoms with Crippen LogP contribution in [0.25, 0.3) is 22.2 Å². The lowest BCUT2D eigenvalue weighted by Gasteiger charge is -2.05. The summed E-state index contributed by atoms with van der Waals surface area (Å²) in [6.07, 6.45) is -0.368. The molecule has 0 unspecified atom stereocenters. The fraction of sp³-hybridized carbons (Fsp3) is 0.0625. The maximum atomic E-state index is 14.1. The van der Waals surface area contributed by atoms with Crippen LogP contribution in [0.3, 0.4) is 0 Å². The van der Waals surface area contributed by atoms with E-state index >= 15 is 0 Å². The first kappa shape index (κ1) is 15.8. The van der Waals surface area contributed by atoms with Crippen molar-refractivity contribution >= 4 is 40.1 Å². The van der Waals surface area contributed by atoms with Crippen molar-refractivity contribution in [2.45, 2.75) is 6.42 Å². The van der Waals surface area contributed by atoms with Crippen molar-refractivity contribution in [3.8, 4) is 11.3 Å². The minimum absolute atomic E-state index is 0.0611. The highest BCUT2D eigenvalue weighted by molar-refractivity contribution is 6.39. The Morgan fingerprint density at radius 1 is 1.17 bits per heavy atom. The van der Waals surface area contributed by atoms with Crippen LogP contribution in [0.2, 0.25) is 10.0 Å². The monoisotopic (exact) mass is 355 g/mol. The van der Waals surface area contributed by atoms with Gasteiger partial charge in [-0.15, -0.1) is 0 Å². The van der Waals surface area contributed by atoms with Crippen LogP contribution in [-0.4, -0.2) is 16.1 Å². The van der Waals surface area contributed by atoms with Crippen molar-refractivity contribution < 1.29 is 18.7 Å². The average Bonchev–Trinajstić information content (AvgIpc) is 2.76. The van der Waals surface area contributed by atoms with E-state index in [4.69, 9.17) is 28.3 Å². The molecular formula is C16H9Cl2F2NO2. The van der Waals surface area contributed by atoms with Gasteiger partial charge in [-0.2, -0.15) is 0 Å². The van der Waals surface area contributed by atoms with Crippen LogP contribution < -0.4 is 0 Å². The first-order valence-corrected chi connectivity index (χ1v) is 7.29. The van der Waals surface area contributed by atoms with Crippen LogP contribution in [0.1, 0.15) is 5.56 Å². The second kappa shape index (κ2) is 5.83. The maximum absolute atomic E-state index is 14.1. The van der Waals surface area contributed by atoms with Gasteiger partial charge in [0.25, 0.3) is 0 Å². The molecule has 1 heterocycles. The number of benzene rings is 2. The first-order chi connectivity index (χ1) is 10.9. The molecule has 2 N–H and O–H groups in total. The third-order valence-corrected chi connectivity index (χ3v) is 3.96. The van der Waals surface area contributed by atoms with Gasteiger partial charge in [-0.05, 0) is 29.8 Å². The Hall–Kier alpha value is -2.11. The van der Waals surface area contributed by atoms with Crippen molar-refractivity contribution in [2.24, 2.45) is 0 Å². The highest BCUT2D eigenvalue weighted by Crippen LogP contribution is 2.37. The van der Waals surface area contributed by atoms with Gasteiger partial charge in [0, 0.05) is 27.6 Å². The molecule has 0 fully saturated rings. The highest BCUT2D eigenvalue weighted by Gasteiger charge is 2.20. The summed E-state index contributed by atoms with van der Waals surface area (Å²) < 4.78 is 27.2. The molecule has 0 amide bonds. The molecule has 0 saturated carbocycles. The predicted molar refractivity (Wildman–Crippen MR) is 85.0 cm³/mol. The zero-order valence-corrected chi connectivity index (χ0v) is 13.0. The molecule has 0 saturated heterocycles. The Morgan fingerprint density at radius 3 is 2.57 bits per heavy atom. The topological polar surface area (TPSA) is 53.1 Å². The summed E-state index contributed by atoms with van der Waals surface area (Å²) in [5.74, 6) is -2.62. The molecule has 3 rings (SSSR count). The van der Waals surface area contributed by atoms with Crippen molar-refractivity contribution in [2.75, 3.05) is 0 Å². The van der Waals surface area contributed by atoms with E-state index in [1.807, 2.05) is 0 Å². The van der Waals surface area contributed by atoms with Gasteiger partial charge < -0.3 is 10.1 Å². The van der Waals surface area contributed by atoms with E-state index in [2.05, 4.69) is 4.98 Å². The second-order valence-corrected chi connectivity index (χ2v) is 5.83. The molecule has 3 aromatic rings. The second-order valence-electron chi connectivity index (χ2n) is 4.98. The SMILES string of the molecule is O=C(O)Cc1c(-c2ccc(F)cc2F)[nH]c2cc(Cl)cc(Cl)c12. The zero-order chi connectivity index (χ0) is 16.7. The van der Waals surface area contributed by atoms with Crippen LogP contribution in [0.15, 0.2) is 30.3 Å². The number of hydrogen-bond acceptors (Lipinski definition) is 1. The van der Waals surface area contributed by atoms with Gasteiger partial charge in [-0.1, -0.05) is 23.2 Å². The Labute approximate surface area is 139 Å². The number of carbonyl (C=O) groups is 1. The molecule has 7 heteroatoms. The normalized spacial score (nSPS) is 11.1. The molecule has 0 bridgehead atoms. The summed E-state index contributed by atoms with van der Waals surface area (Å²) in [7, 11) is 0. The standard InChI is InChI=1S/C16H9Cl2F2NO2/c17-7-3-11(18)15-10(6-14(22)23)16(21-13(15)4-7)9-2-1-8(19)5-12(9)20/h1-5,21H,6H2,(H,22,23). The molecule has 2 aromatic carbocycles. The van der Waals surface area contributed by atoms with E-state index in [1.165, 1.54) is 12.1 Å². The van der Waals surface area contributed by atoms with Crippen molar-refractivity contribution in [3.05, 3.63) is 57.6 Å². The third-order valence-electron chi connectivity index (χ3n) is 3.45. The lowest BCUT2D eigenvalue weighted by molar-refractivity contribution is -0.136. The first-order valence-electron chi connectivity index (χ1n) is 6.53. The smallest absolute Gasteiger partial charge is 0.307 e. The number of carboxylic acid groups (broad SMARTS) is 1. The van der Waals surface area contributed by atoms with E-state index in [0.29, 0.717) is 21.5 Å². The van der Waals surface area contributed by atoms with Gasteiger partial charge in [0.2, 0.25) is 0 Å². The van der Waals surface area contributed by atoms with E-state index in [0.717, 1.165) is 12.1 Å². The molecule has 118 valence electrons. The van der Waals surface area contributed by atoms with Crippen molar-refractivity contribution in [1.82, 2.24) is 4.98 Å². The number of aromatic amines is 1. The quantitative estimate of drug-likeness (QED) is 0.690. The van der Waals surface area contributed by atoms with Gasteiger partial charge in [-0.25, -0.2) is 8.78 Å². The van der Waals surface area contributed by atoms with Crippen LogP contribution in [0, 0.1) is 11.6 Å². The zero-order valence-electron chi connectivity index (χ0n) is 11.5. The average molecular weight is 356 g/mol. The van der Waals surface area contributed by atoms with Gasteiger partial charge in [-0.3, -0.25) is 4.79 Å². The fourth-order valence-corrected chi connectivity index (χ4v) is 3.17. The summed E-state index contributed by atoms with van der Waals surface area (Å²) >= 11 is 12.1. The van der Waals surface area contributed by atoms with Crippen LogP contribution in [0.4, 0.5) is 8.78 Å². The Balaban J connectivity index is 2.35. The van der Waals surface area contributed by atoms with Gasteiger partial charge in [0.1, 0.15) is 11.6 Å². The molecule has 0 spiro atoms. The molecule has 0 aliphatic carbocycles. The van der Waals surface area contributed by atoms with E-state index in [1.54, 1.807) is 6.07 Å². The van der Waals surface area contributed by atoms with Crippen molar-refractivity contribution in [3.63, 3.8) is 0 Å². The molecular weight excluding hydrogens is 347 g/mol. The minimum atomic E-state index is -1.10. The molecule has 1 aromatic heterocycles. The third kappa shape index (κ3) is 2.90. The molecule has 23 heavy (non-hydrogen) atoms. The largest absolute Gasteiger partial charge is 0.481 e. The number of nitrogens with one attached hydrogen (secondary N) is 1. The van der Waals surface area contributed by atoms with Gasteiger partial charge in [0.15, 0.2) is 0 Å². The van der Waals surface area contributed by atoms with Crippen LogP contribution >= 0.6 is 23.2 Å². The number of carboxylic acids is 1. The molecule has 0 radical (unpaired) electrons. The maximum Gasteiger partial charge on any atom is 0.307 e. The van der Waals surface area contributed by atoms with E-state index < -0.39 is 17.6 Å². The van der Waals surface area contributed by atoms with Crippen LogP contribution in [0.5, 0.6) is 0 Å². The lowest BCUT2D eigenvalue weighted by Crippen LogP contribution is -2.01. The van der Waals surface area contributed by atoms with Gasteiger partial charge >= 0.3 is 5.97 Å². The van der Waals surface area contributed by atoms with E-state index in [-0.39, 0.29) is 22.7 Å². The van der Waals surface area contributed by atoms with Gasteiger partial charge in [0.05, 0.1) is 17.1 Å². The van der Waals surface area contributed by atoms with Crippen LogP contribution in [-0.2, 0) is 11.2 Å². The Kier molecular flexibility index (Phi) is 4.00. The molecule has 0 aliphatic rings. The Bertz CT molecular complexity index is 937. The summed E-state index contributed by atoms with van der Waals surface area (Å²) in [5, 5.41) is 10.2. The predicted octanol–water partition coefficient (Wildman–Crippen LogP) is 5.05.